The van der Waals surface area contributed by atoms with E-state index in [0.29, 0.717) is 29.7 Å². The number of aliphatic carboxylic acids is 1. The third-order valence-corrected chi connectivity index (χ3v) is 7.39. The number of hydrogen-bond acceptors (Lipinski definition) is 7. The van der Waals surface area contributed by atoms with E-state index in [1.807, 2.05) is 12.1 Å². The summed E-state index contributed by atoms with van der Waals surface area (Å²) in [4.78, 5) is 25.2. The molecule has 3 rings (SSSR count). The summed E-state index contributed by atoms with van der Waals surface area (Å²) in [7, 11) is 0. The normalized spacial score (nSPS) is 22.1. The second-order valence-electron chi connectivity index (χ2n) is 6.54. The van der Waals surface area contributed by atoms with E-state index in [2.05, 4.69) is 15.5 Å². The van der Waals surface area contributed by atoms with Crippen LogP contribution in [0.25, 0.3) is 0 Å². The van der Waals surface area contributed by atoms with Crippen molar-refractivity contribution in [3.63, 3.8) is 0 Å². The number of nitrogens with one attached hydrogen (secondary N) is 2. The molecule has 1 aromatic carbocycles. The Bertz CT molecular complexity index is 796. The minimum Gasteiger partial charge on any atom is -0.477 e. The fourth-order valence-electron chi connectivity index (χ4n) is 2.89. The molecule has 0 radical (unpaired) electrons. The van der Waals surface area contributed by atoms with Crippen LogP contribution >= 0.6 is 46.7 Å². The second-order valence-corrected chi connectivity index (χ2v) is 9.73. The molecule has 2 aliphatic rings. The average Bonchev–Trinajstić information content (AvgIpc) is 3.17. The number of hydrogen-bond donors (Lipinski definition) is 3. The van der Waals surface area contributed by atoms with Gasteiger partial charge in [0.15, 0.2) is 0 Å². The molecule has 7 nitrogen and oxygen atoms in total. The molecule has 1 unspecified atom stereocenters. The number of ether oxygens (including phenoxy) is 1. The van der Waals surface area contributed by atoms with E-state index in [4.69, 9.17) is 33.0 Å². The van der Waals surface area contributed by atoms with E-state index >= 15 is 0 Å². The summed E-state index contributed by atoms with van der Waals surface area (Å²) in [5.74, 6) is -0.859. The Labute approximate surface area is 187 Å². The van der Waals surface area contributed by atoms with Gasteiger partial charge >= 0.3 is 5.97 Å². The topological polar surface area (TPSA) is 90.9 Å². The van der Waals surface area contributed by atoms with Crippen LogP contribution in [0.3, 0.4) is 0 Å². The maximum absolute atomic E-state index is 12.1. The summed E-state index contributed by atoms with van der Waals surface area (Å²) in [6.45, 7) is 3.29. The highest BCUT2D eigenvalue weighted by Gasteiger charge is 2.23. The van der Waals surface area contributed by atoms with Crippen LogP contribution in [0.1, 0.15) is 5.56 Å². The van der Waals surface area contributed by atoms with E-state index in [-0.39, 0.29) is 28.2 Å². The molecule has 1 fully saturated rings. The molecule has 2 heterocycles. The molecule has 1 saturated heterocycles. The largest absolute Gasteiger partial charge is 0.477 e. The van der Waals surface area contributed by atoms with Crippen LogP contribution in [0.2, 0.25) is 10.0 Å². The summed E-state index contributed by atoms with van der Waals surface area (Å²) < 4.78 is 5.59. The fraction of sp³-hybridized carbons (Fsp3) is 0.444. The Hall–Kier alpha value is -1.10. The van der Waals surface area contributed by atoms with Crippen LogP contribution in [0.15, 0.2) is 29.3 Å². The number of morpholine rings is 1. The molecule has 2 atom stereocenters. The third-order valence-electron chi connectivity index (χ3n) is 4.32. The average molecular weight is 478 g/mol. The maximum atomic E-state index is 12.1. The minimum absolute atomic E-state index is 0.0836. The van der Waals surface area contributed by atoms with Crippen LogP contribution in [-0.4, -0.2) is 64.7 Å². The number of amides is 1. The highest BCUT2D eigenvalue weighted by Crippen LogP contribution is 2.29. The summed E-state index contributed by atoms with van der Waals surface area (Å²) in [6, 6.07) is 5.62. The van der Waals surface area contributed by atoms with Gasteiger partial charge in [-0.05, 0) is 17.7 Å². The van der Waals surface area contributed by atoms with E-state index < -0.39 is 5.97 Å². The first-order valence-corrected chi connectivity index (χ1v) is 11.7. The summed E-state index contributed by atoms with van der Waals surface area (Å²) >= 11 is 14.8. The highest BCUT2D eigenvalue weighted by molar-refractivity contribution is 8.18. The maximum Gasteiger partial charge on any atom is 0.352 e. The van der Waals surface area contributed by atoms with Crippen molar-refractivity contribution in [2.75, 3.05) is 32.0 Å². The van der Waals surface area contributed by atoms with Gasteiger partial charge in [-0.3, -0.25) is 9.69 Å². The molecule has 0 aromatic heterocycles. The Morgan fingerprint density at radius 2 is 2.21 bits per heavy atom. The van der Waals surface area contributed by atoms with Crippen molar-refractivity contribution in [1.82, 2.24) is 15.5 Å². The van der Waals surface area contributed by atoms with Gasteiger partial charge in [-0.2, -0.15) is 0 Å². The number of benzene rings is 1. The van der Waals surface area contributed by atoms with Crippen molar-refractivity contribution in [2.24, 2.45) is 0 Å². The molecular weight excluding hydrogens is 457 g/mol. The SMILES string of the molecule is O=C(CSC1NC(C(=O)O)=CS1)NC[C@H]1CN(Cc2ccc(Cl)c(Cl)c2)CCO1. The minimum atomic E-state index is -0.995. The van der Waals surface area contributed by atoms with Crippen molar-refractivity contribution >= 4 is 58.6 Å². The van der Waals surface area contributed by atoms with Gasteiger partial charge in [0.2, 0.25) is 5.91 Å². The molecule has 2 aliphatic heterocycles. The zero-order valence-electron chi connectivity index (χ0n) is 15.4. The van der Waals surface area contributed by atoms with Gasteiger partial charge in [0.05, 0.1) is 28.5 Å². The first kappa shape index (κ1) is 22.6. The van der Waals surface area contributed by atoms with Crippen LogP contribution in [0, 0.1) is 0 Å². The lowest BCUT2D eigenvalue weighted by Crippen LogP contribution is -2.47. The van der Waals surface area contributed by atoms with E-state index in [9.17, 15) is 9.59 Å². The Morgan fingerprint density at radius 3 is 2.93 bits per heavy atom. The monoisotopic (exact) mass is 477 g/mol. The fourth-order valence-corrected chi connectivity index (χ4v) is 5.14. The van der Waals surface area contributed by atoms with Crippen LogP contribution in [0.4, 0.5) is 0 Å². The van der Waals surface area contributed by atoms with Crippen molar-refractivity contribution in [3.05, 3.63) is 44.9 Å². The molecule has 0 aliphatic carbocycles. The molecular formula is C18H21Cl2N3O4S2. The quantitative estimate of drug-likeness (QED) is 0.526. The molecule has 0 spiro atoms. The van der Waals surface area contributed by atoms with E-state index in [1.165, 1.54) is 23.5 Å². The molecule has 1 aromatic rings. The van der Waals surface area contributed by atoms with Crippen molar-refractivity contribution in [2.45, 2.75) is 17.4 Å². The molecule has 158 valence electrons. The number of thioether (sulfide) groups is 2. The van der Waals surface area contributed by atoms with Gasteiger partial charge in [-0.15, -0.1) is 11.8 Å². The van der Waals surface area contributed by atoms with Gasteiger partial charge in [0.1, 0.15) is 10.4 Å². The summed E-state index contributed by atoms with van der Waals surface area (Å²) in [5.41, 5.74) is 1.24. The molecule has 3 N–H and O–H groups in total. The van der Waals surface area contributed by atoms with E-state index in [0.717, 1.165) is 18.7 Å². The van der Waals surface area contributed by atoms with Gasteiger partial charge < -0.3 is 20.5 Å². The smallest absolute Gasteiger partial charge is 0.352 e. The molecule has 11 heteroatoms. The number of carbonyl (C=O) groups is 2. The number of rotatable bonds is 8. The Morgan fingerprint density at radius 1 is 1.38 bits per heavy atom. The highest BCUT2D eigenvalue weighted by atomic mass is 35.5. The Balaban J connectivity index is 1.36. The molecule has 1 amide bonds. The predicted octanol–water partition coefficient (Wildman–Crippen LogP) is 2.59. The lowest BCUT2D eigenvalue weighted by atomic mass is 10.2. The van der Waals surface area contributed by atoms with Crippen molar-refractivity contribution < 1.29 is 19.4 Å². The van der Waals surface area contributed by atoms with Gasteiger partial charge in [0, 0.05) is 31.6 Å². The lowest BCUT2D eigenvalue weighted by molar-refractivity contribution is -0.133. The number of carboxylic acids is 1. The second kappa shape index (κ2) is 10.8. The van der Waals surface area contributed by atoms with Crippen LogP contribution in [0.5, 0.6) is 0 Å². The number of carboxylic acid groups (broad SMARTS) is 1. The van der Waals surface area contributed by atoms with Gasteiger partial charge in [-0.25, -0.2) is 4.79 Å². The Kier molecular flexibility index (Phi) is 8.40. The van der Waals surface area contributed by atoms with Gasteiger partial charge in [0.25, 0.3) is 0 Å². The zero-order chi connectivity index (χ0) is 20.8. The summed E-state index contributed by atoms with van der Waals surface area (Å²) in [5, 5.41) is 17.3. The first-order chi connectivity index (χ1) is 13.9. The van der Waals surface area contributed by atoms with Crippen LogP contribution in [-0.2, 0) is 20.9 Å². The molecule has 29 heavy (non-hydrogen) atoms. The third kappa shape index (κ3) is 6.97. The first-order valence-electron chi connectivity index (χ1n) is 8.92. The number of carbonyl (C=O) groups excluding carboxylic acids is 1. The number of nitrogens with zero attached hydrogens (tertiary/aromatic N) is 1. The predicted molar refractivity (Wildman–Crippen MR) is 117 cm³/mol. The molecule has 0 saturated carbocycles. The standard InChI is InChI=1S/C18H21Cl2N3O4S2/c19-13-2-1-11(5-14(13)20)7-23-3-4-27-12(8-23)6-21-16(24)10-29-18-22-15(9-28-18)17(25)26/h1-2,5,9,12,18,22H,3-4,6-8,10H2,(H,21,24)(H,25,26)/t12-,18?/m0/s1. The summed E-state index contributed by atoms with van der Waals surface area (Å²) in [6.07, 6.45) is -0.0836. The lowest BCUT2D eigenvalue weighted by Gasteiger charge is -2.33. The van der Waals surface area contributed by atoms with Crippen molar-refractivity contribution in [1.29, 1.82) is 0 Å². The van der Waals surface area contributed by atoms with Crippen molar-refractivity contribution in [3.8, 4) is 0 Å². The van der Waals surface area contributed by atoms with Crippen LogP contribution < -0.4 is 10.6 Å². The zero-order valence-corrected chi connectivity index (χ0v) is 18.5. The molecule has 0 bridgehead atoms. The number of halogens is 2. The van der Waals surface area contributed by atoms with E-state index in [1.54, 1.807) is 11.5 Å². The van der Waals surface area contributed by atoms with Gasteiger partial charge in [-0.1, -0.05) is 41.0 Å².